The fourth-order valence-electron chi connectivity index (χ4n) is 2.21. The van der Waals surface area contributed by atoms with Gasteiger partial charge < -0.3 is 15.0 Å². The number of H-pyrrole nitrogens is 1. The van der Waals surface area contributed by atoms with E-state index >= 15 is 0 Å². The maximum absolute atomic E-state index is 12.5. The number of hydrogen-bond acceptors (Lipinski definition) is 5. The number of nitrogens with one attached hydrogen (secondary N) is 2. The van der Waals surface area contributed by atoms with Gasteiger partial charge in [-0.05, 0) is 32.0 Å². The van der Waals surface area contributed by atoms with Gasteiger partial charge in [0.2, 0.25) is 5.91 Å². The van der Waals surface area contributed by atoms with E-state index in [0.29, 0.717) is 33.9 Å². The van der Waals surface area contributed by atoms with Gasteiger partial charge in [0.15, 0.2) is 10.8 Å². The number of carbonyl (C=O) groups excluding carboxylic acids is 1. The number of ether oxygens (including phenoxy) is 1. The van der Waals surface area contributed by atoms with Gasteiger partial charge in [0.05, 0.1) is 28.1 Å². The highest BCUT2D eigenvalue weighted by Gasteiger charge is 2.18. The molecule has 0 radical (unpaired) electrons. The Morgan fingerprint density at radius 2 is 2.24 bits per heavy atom. The Morgan fingerprint density at radius 3 is 3.04 bits per heavy atom. The molecule has 0 aliphatic carbocycles. The predicted molar refractivity (Wildman–Crippen MR) is 100 cm³/mol. The number of pyridine rings is 1. The molecular weight excluding hydrogens is 360 g/mol. The molecule has 25 heavy (non-hydrogen) atoms. The van der Waals surface area contributed by atoms with Crippen molar-refractivity contribution in [2.45, 2.75) is 24.3 Å². The second-order valence-corrected chi connectivity index (χ2v) is 7.01. The minimum Gasteiger partial charge on any atom is -0.492 e. The van der Waals surface area contributed by atoms with E-state index in [2.05, 4.69) is 20.3 Å². The number of nitrogens with zero attached hydrogens (tertiary/aromatic N) is 2. The molecule has 0 aliphatic rings. The van der Waals surface area contributed by atoms with Crippen molar-refractivity contribution >= 4 is 46.1 Å². The fourth-order valence-corrected chi connectivity index (χ4v) is 3.18. The van der Waals surface area contributed by atoms with Crippen molar-refractivity contribution in [2.24, 2.45) is 0 Å². The number of aromatic nitrogens is 3. The van der Waals surface area contributed by atoms with E-state index in [1.165, 1.54) is 11.8 Å². The van der Waals surface area contributed by atoms with Crippen LogP contribution in [0.5, 0.6) is 5.75 Å². The minimum atomic E-state index is -0.356. The van der Waals surface area contributed by atoms with Crippen molar-refractivity contribution in [1.82, 2.24) is 15.0 Å². The van der Waals surface area contributed by atoms with Crippen LogP contribution in [0.2, 0.25) is 5.02 Å². The van der Waals surface area contributed by atoms with Crippen molar-refractivity contribution in [3.63, 3.8) is 0 Å². The number of benzene rings is 1. The molecule has 0 spiro atoms. The lowest BCUT2D eigenvalue weighted by molar-refractivity contribution is -0.115. The second kappa shape index (κ2) is 7.76. The number of rotatable bonds is 6. The normalized spacial score (nSPS) is 12.1. The third kappa shape index (κ3) is 4.24. The van der Waals surface area contributed by atoms with Gasteiger partial charge in [-0.2, -0.15) is 0 Å². The summed E-state index contributed by atoms with van der Waals surface area (Å²) in [5.74, 6) is 0.515. The first kappa shape index (κ1) is 17.6. The van der Waals surface area contributed by atoms with Crippen molar-refractivity contribution < 1.29 is 9.53 Å². The zero-order valence-electron chi connectivity index (χ0n) is 13.7. The first-order valence-corrected chi connectivity index (χ1v) is 9.03. The van der Waals surface area contributed by atoms with Crippen LogP contribution in [0, 0.1) is 0 Å². The van der Waals surface area contributed by atoms with Gasteiger partial charge in [-0.3, -0.25) is 4.79 Å². The second-order valence-electron chi connectivity index (χ2n) is 5.25. The van der Waals surface area contributed by atoms with Crippen LogP contribution in [0.25, 0.3) is 11.2 Å². The van der Waals surface area contributed by atoms with Gasteiger partial charge in [-0.1, -0.05) is 35.5 Å². The number of carbonyl (C=O) groups is 1. The van der Waals surface area contributed by atoms with E-state index in [9.17, 15) is 4.79 Å². The standard InChI is InChI=1S/C17H17ClN4O2S/c1-3-24-14-7-5-4-6-12(14)20-16(23)10(2)25-17-21-13-8-11(18)9-19-15(13)22-17/h4-10H,3H2,1-2H3,(H,20,23)(H,19,21,22)/t10-/m1/s1. The summed E-state index contributed by atoms with van der Waals surface area (Å²) in [6.07, 6.45) is 1.54. The molecule has 2 N–H and O–H groups in total. The molecule has 8 heteroatoms. The van der Waals surface area contributed by atoms with Gasteiger partial charge in [-0.15, -0.1) is 0 Å². The Labute approximate surface area is 154 Å². The summed E-state index contributed by atoms with van der Waals surface area (Å²) in [7, 11) is 0. The summed E-state index contributed by atoms with van der Waals surface area (Å²) >= 11 is 7.24. The molecule has 3 aromatic rings. The summed E-state index contributed by atoms with van der Waals surface area (Å²) in [4.78, 5) is 24.1. The molecule has 0 saturated heterocycles. The van der Waals surface area contributed by atoms with Gasteiger partial charge in [0.1, 0.15) is 5.75 Å². The molecule has 2 aromatic heterocycles. The predicted octanol–water partition coefficient (Wildman–Crippen LogP) is 4.13. The van der Waals surface area contributed by atoms with E-state index in [1.54, 1.807) is 12.3 Å². The van der Waals surface area contributed by atoms with Crippen LogP contribution in [-0.4, -0.2) is 32.7 Å². The average molecular weight is 377 g/mol. The average Bonchev–Trinajstić information content (AvgIpc) is 2.98. The third-order valence-electron chi connectivity index (χ3n) is 3.38. The highest BCUT2D eigenvalue weighted by molar-refractivity contribution is 8.00. The molecule has 0 saturated carbocycles. The number of hydrogen-bond donors (Lipinski definition) is 2. The zero-order valence-corrected chi connectivity index (χ0v) is 15.3. The summed E-state index contributed by atoms with van der Waals surface area (Å²) in [6.45, 7) is 4.25. The maximum atomic E-state index is 12.5. The van der Waals surface area contributed by atoms with Crippen LogP contribution in [0.3, 0.4) is 0 Å². The van der Waals surface area contributed by atoms with Crippen molar-refractivity contribution in [2.75, 3.05) is 11.9 Å². The number of halogens is 1. The van der Waals surface area contributed by atoms with Crippen LogP contribution < -0.4 is 10.1 Å². The SMILES string of the molecule is CCOc1ccccc1NC(=O)[C@@H](C)Sc1nc2ncc(Cl)cc2[nH]1. The number of fused-ring (bicyclic) bond motifs is 1. The van der Waals surface area contributed by atoms with Crippen LogP contribution in [0.4, 0.5) is 5.69 Å². The molecule has 0 bridgehead atoms. The number of amides is 1. The van der Waals surface area contributed by atoms with Crippen LogP contribution in [0.15, 0.2) is 41.7 Å². The number of thioether (sulfide) groups is 1. The Morgan fingerprint density at radius 1 is 1.44 bits per heavy atom. The summed E-state index contributed by atoms with van der Waals surface area (Å²) in [5, 5.41) is 3.69. The lowest BCUT2D eigenvalue weighted by Gasteiger charge is -2.13. The lowest BCUT2D eigenvalue weighted by atomic mass is 10.3. The Bertz CT molecular complexity index is 899. The maximum Gasteiger partial charge on any atom is 0.237 e. The molecule has 6 nitrogen and oxygen atoms in total. The summed E-state index contributed by atoms with van der Waals surface area (Å²) < 4.78 is 5.53. The largest absolute Gasteiger partial charge is 0.492 e. The first-order valence-electron chi connectivity index (χ1n) is 7.77. The smallest absolute Gasteiger partial charge is 0.237 e. The van der Waals surface area contributed by atoms with Crippen molar-refractivity contribution in [3.8, 4) is 5.75 Å². The zero-order chi connectivity index (χ0) is 17.8. The summed E-state index contributed by atoms with van der Waals surface area (Å²) in [5.41, 5.74) is 1.96. The quantitative estimate of drug-likeness (QED) is 0.632. The van der Waals surface area contributed by atoms with Gasteiger partial charge in [-0.25, -0.2) is 9.97 Å². The molecule has 0 fully saturated rings. The number of anilines is 1. The Kier molecular flexibility index (Phi) is 5.45. The molecule has 130 valence electrons. The Hall–Kier alpha value is -2.25. The number of aromatic amines is 1. The van der Waals surface area contributed by atoms with Gasteiger partial charge >= 0.3 is 0 Å². The molecule has 1 aromatic carbocycles. The molecule has 2 heterocycles. The van der Waals surface area contributed by atoms with Crippen molar-refractivity contribution in [3.05, 3.63) is 41.6 Å². The number of imidazole rings is 1. The first-order chi connectivity index (χ1) is 12.1. The van der Waals surface area contributed by atoms with Gasteiger partial charge in [0.25, 0.3) is 0 Å². The molecule has 1 atom stereocenters. The van der Waals surface area contributed by atoms with E-state index < -0.39 is 0 Å². The highest BCUT2D eigenvalue weighted by atomic mass is 35.5. The van der Waals surface area contributed by atoms with E-state index in [4.69, 9.17) is 16.3 Å². The summed E-state index contributed by atoms with van der Waals surface area (Å²) in [6, 6.07) is 9.11. The molecule has 1 amide bonds. The van der Waals surface area contributed by atoms with Crippen LogP contribution in [-0.2, 0) is 4.79 Å². The lowest BCUT2D eigenvalue weighted by Crippen LogP contribution is -2.22. The topological polar surface area (TPSA) is 79.9 Å². The molecule has 3 rings (SSSR count). The molecular formula is C17H17ClN4O2S. The minimum absolute atomic E-state index is 0.136. The third-order valence-corrected chi connectivity index (χ3v) is 4.58. The molecule has 0 unspecified atom stereocenters. The number of para-hydroxylation sites is 2. The van der Waals surface area contributed by atoms with Crippen LogP contribution in [0.1, 0.15) is 13.8 Å². The van der Waals surface area contributed by atoms with Gasteiger partial charge in [0, 0.05) is 6.20 Å². The van der Waals surface area contributed by atoms with Crippen LogP contribution >= 0.6 is 23.4 Å². The fraction of sp³-hybridized carbons (Fsp3) is 0.235. The van der Waals surface area contributed by atoms with E-state index in [-0.39, 0.29) is 11.2 Å². The van der Waals surface area contributed by atoms with E-state index in [0.717, 1.165) is 5.52 Å². The van der Waals surface area contributed by atoms with E-state index in [1.807, 2.05) is 38.1 Å². The molecule has 0 aliphatic heterocycles. The Balaban J connectivity index is 1.69. The highest BCUT2D eigenvalue weighted by Crippen LogP contribution is 2.27. The van der Waals surface area contributed by atoms with Crippen molar-refractivity contribution in [1.29, 1.82) is 0 Å². The monoisotopic (exact) mass is 376 g/mol.